The maximum absolute atomic E-state index is 13.2. The van der Waals surface area contributed by atoms with E-state index in [1.54, 1.807) is 0 Å². The van der Waals surface area contributed by atoms with E-state index in [0.29, 0.717) is 43.8 Å². The van der Waals surface area contributed by atoms with E-state index in [4.69, 9.17) is 4.74 Å². The average molecular weight is 437 g/mol. The molecule has 1 spiro atoms. The van der Waals surface area contributed by atoms with Crippen LogP contribution >= 0.6 is 0 Å². The normalized spacial score (nSPS) is 21.5. The van der Waals surface area contributed by atoms with Crippen LogP contribution in [-0.2, 0) is 4.79 Å². The second-order valence-corrected chi connectivity index (χ2v) is 9.47. The van der Waals surface area contributed by atoms with Crippen LogP contribution in [0.5, 0.6) is 5.75 Å². The Kier molecular flexibility index (Phi) is 5.62. The number of halogens is 1. The third kappa shape index (κ3) is 4.50. The summed E-state index contributed by atoms with van der Waals surface area (Å²) in [5.74, 6) is 1.32. The molecule has 1 unspecified atom stereocenters. The van der Waals surface area contributed by atoms with E-state index >= 15 is 0 Å². The van der Waals surface area contributed by atoms with Crippen molar-refractivity contribution in [2.75, 3.05) is 19.6 Å². The van der Waals surface area contributed by atoms with Crippen LogP contribution in [-0.4, -0.2) is 41.9 Å². The summed E-state index contributed by atoms with van der Waals surface area (Å²) in [7, 11) is 0. The molecule has 2 aromatic carbocycles. The van der Waals surface area contributed by atoms with Crippen molar-refractivity contribution < 1.29 is 18.7 Å². The molecule has 5 nitrogen and oxygen atoms in total. The molecule has 2 aliphatic heterocycles. The Morgan fingerprint density at radius 1 is 1.06 bits per heavy atom. The summed E-state index contributed by atoms with van der Waals surface area (Å²) < 4.78 is 19.7. The molecule has 2 heterocycles. The van der Waals surface area contributed by atoms with Gasteiger partial charge in [-0.3, -0.25) is 9.59 Å². The third-order valence-electron chi connectivity index (χ3n) is 7.07. The molecule has 1 saturated heterocycles. The summed E-state index contributed by atoms with van der Waals surface area (Å²) in [6.07, 6.45) is 5.11. The topological polar surface area (TPSA) is 58.6 Å². The molecule has 0 radical (unpaired) electrons. The summed E-state index contributed by atoms with van der Waals surface area (Å²) in [6.45, 7) is 1.95. The van der Waals surface area contributed by atoms with E-state index in [1.165, 1.54) is 37.1 Å². The lowest BCUT2D eigenvalue weighted by Crippen LogP contribution is -2.52. The zero-order valence-corrected chi connectivity index (χ0v) is 18.2. The van der Waals surface area contributed by atoms with Crippen molar-refractivity contribution in [3.63, 3.8) is 0 Å². The van der Waals surface area contributed by atoms with Crippen molar-refractivity contribution in [1.29, 1.82) is 0 Å². The molecule has 0 aromatic heterocycles. The number of carbonyl (C=O) groups is 2. The van der Waals surface area contributed by atoms with Gasteiger partial charge in [0.1, 0.15) is 17.2 Å². The predicted molar refractivity (Wildman–Crippen MR) is 119 cm³/mol. The Hall–Kier alpha value is -2.89. The van der Waals surface area contributed by atoms with Gasteiger partial charge < -0.3 is 15.0 Å². The molecule has 1 aliphatic carbocycles. The fourth-order valence-electron chi connectivity index (χ4n) is 5.00. The molecule has 2 fully saturated rings. The number of nitrogens with one attached hydrogen (secondary N) is 1. The number of likely N-dealkylation sites (tertiary alicyclic amines) is 1. The van der Waals surface area contributed by atoms with Crippen LogP contribution in [0, 0.1) is 11.7 Å². The van der Waals surface area contributed by atoms with E-state index < -0.39 is 0 Å². The summed E-state index contributed by atoms with van der Waals surface area (Å²) in [5.41, 5.74) is 1.24. The van der Waals surface area contributed by atoms with Crippen molar-refractivity contribution in [3.05, 3.63) is 65.5 Å². The Balaban J connectivity index is 1.27. The summed E-state index contributed by atoms with van der Waals surface area (Å²) in [4.78, 5) is 27.3. The molecule has 1 N–H and O–H groups in total. The fraction of sp³-hybridized carbons (Fsp3) is 0.462. The zero-order valence-electron chi connectivity index (χ0n) is 18.2. The summed E-state index contributed by atoms with van der Waals surface area (Å²) in [5, 5.41) is 3.10. The van der Waals surface area contributed by atoms with Crippen LogP contribution in [0.4, 0.5) is 4.39 Å². The second kappa shape index (κ2) is 8.57. The molecule has 3 aliphatic rings. The first-order valence-electron chi connectivity index (χ1n) is 11.6. The number of hydrogen-bond acceptors (Lipinski definition) is 3. The van der Waals surface area contributed by atoms with Gasteiger partial charge in [0.05, 0.1) is 0 Å². The van der Waals surface area contributed by atoms with E-state index in [2.05, 4.69) is 11.4 Å². The highest BCUT2D eigenvalue weighted by atomic mass is 19.1. The van der Waals surface area contributed by atoms with Crippen molar-refractivity contribution in [2.45, 2.75) is 50.0 Å². The predicted octanol–water partition coefficient (Wildman–Crippen LogP) is 4.28. The number of amides is 2. The van der Waals surface area contributed by atoms with Crippen LogP contribution in [0.25, 0.3) is 0 Å². The second-order valence-electron chi connectivity index (χ2n) is 9.47. The van der Waals surface area contributed by atoms with Crippen molar-refractivity contribution in [2.24, 2.45) is 5.92 Å². The standard InChI is InChI=1S/C26H29FN2O3/c27-21-9-7-19(8-10-21)25(31)29-13-11-26(12-14-29)16-20(15-24(30)28-17-18-5-6-18)22-3-1-2-4-23(22)32-26/h1-4,7-10,18,20H,5-6,11-17H2,(H,28,30). The van der Waals surface area contributed by atoms with Gasteiger partial charge in [0.15, 0.2) is 0 Å². The summed E-state index contributed by atoms with van der Waals surface area (Å²) >= 11 is 0. The minimum atomic E-state index is -0.366. The van der Waals surface area contributed by atoms with Gasteiger partial charge in [0, 0.05) is 50.4 Å². The first-order valence-corrected chi connectivity index (χ1v) is 11.6. The maximum atomic E-state index is 13.2. The molecule has 6 heteroatoms. The zero-order chi connectivity index (χ0) is 22.1. The van der Waals surface area contributed by atoms with Crippen LogP contribution in [0.2, 0.25) is 0 Å². The minimum Gasteiger partial charge on any atom is -0.487 e. The fourth-order valence-corrected chi connectivity index (χ4v) is 5.00. The molecule has 2 aromatic rings. The quantitative estimate of drug-likeness (QED) is 0.761. The molecule has 168 valence electrons. The number of benzene rings is 2. The van der Waals surface area contributed by atoms with E-state index in [0.717, 1.165) is 24.3 Å². The van der Waals surface area contributed by atoms with Gasteiger partial charge in [0.2, 0.25) is 5.91 Å². The molecular weight excluding hydrogens is 407 g/mol. The monoisotopic (exact) mass is 436 g/mol. The number of nitrogens with zero attached hydrogens (tertiary/aromatic N) is 1. The number of ether oxygens (including phenoxy) is 1. The van der Waals surface area contributed by atoms with Gasteiger partial charge in [0.25, 0.3) is 5.91 Å². The lowest BCUT2D eigenvalue weighted by Gasteiger charge is -2.47. The third-order valence-corrected chi connectivity index (χ3v) is 7.07. The molecule has 32 heavy (non-hydrogen) atoms. The van der Waals surface area contributed by atoms with Gasteiger partial charge in [-0.2, -0.15) is 0 Å². The van der Waals surface area contributed by atoms with E-state index in [-0.39, 0.29) is 29.2 Å². The lowest BCUT2D eigenvalue weighted by molar-refractivity contribution is -0.122. The largest absolute Gasteiger partial charge is 0.487 e. The van der Waals surface area contributed by atoms with E-state index in [1.807, 2.05) is 23.1 Å². The summed E-state index contributed by atoms with van der Waals surface area (Å²) in [6, 6.07) is 13.7. The molecule has 5 rings (SSSR count). The first-order chi connectivity index (χ1) is 15.5. The first kappa shape index (κ1) is 21.0. The Labute approximate surface area is 187 Å². The molecule has 0 bridgehead atoms. The highest BCUT2D eigenvalue weighted by Gasteiger charge is 2.44. The number of rotatable bonds is 5. The highest BCUT2D eigenvalue weighted by Crippen LogP contribution is 2.46. The van der Waals surface area contributed by atoms with Crippen LogP contribution in [0.15, 0.2) is 48.5 Å². The minimum absolute atomic E-state index is 0.0768. The van der Waals surface area contributed by atoms with Gasteiger partial charge in [-0.15, -0.1) is 0 Å². The molecule has 1 atom stereocenters. The van der Waals surface area contributed by atoms with Crippen LogP contribution in [0.3, 0.4) is 0 Å². The van der Waals surface area contributed by atoms with Gasteiger partial charge >= 0.3 is 0 Å². The van der Waals surface area contributed by atoms with E-state index in [9.17, 15) is 14.0 Å². The van der Waals surface area contributed by atoms with Crippen molar-refractivity contribution >= 4 is 11.8 Å². The van der Waals surface area contributed by atoms with Crippen LogP contribution < -0.4 is 10.1 Å². The Morgan fingerprint density at radius 2 is 1.78 bits per heavy atom. The molecular formula is C26H29FN2O3. The molecule has 2 amide bonds. The van der Waals surface area contributed by atoms with Crippen molar-refractivity contribution in [3.8, 4) is 5.75 Å². The van der Waals surface area contributed by atoms with Gasteiger partial charge in [-0.1, -0.05) is 18.2 Å². The highest BCUT2D eigenvalue weighted by molar-refractivity contribution is 5.94. The SMILES string of the molecule is O=C(CC1CC2(CCN(C(=O)c3ccc(F)cc3)CC2)Oc2ccccc21)NCC1CC1. The Bertz CT molecular complexity index is 994. The maximum Gasteiger partial charge on any atom is 0.253 e. The number of carbonyl (C=O) groups excluding carboxylic acids is 2. The van der Waals surface area contributed by atoms with Crippen LogP contribution in [0.1, 0.15) is 60.4 Å². The molecule has 1 saturated carbocycles. The number of para-hydroxylation sites is 1. The van der Waals surface area contributed by atoms with Gasteiger partial charge in [-0.05, 0) is 61.1 Å². The lowest BCUT2D eigenvalue weighted by atomic mass is 9.76. The number of hydrogen-bond donors (Lipinski definition) is 1. The number of fused-ring (bicyclic) bond motifs is 1. The Morgan fingerprint density at radius 3 is 2.50 bits per heavy atom. The smallest absolute Gasteiger partial charge is 0.253 e. The van der Waals surface area contributed by atoms with Gasteiger partial charge in [-0.25, -0.2) is 4.39 Å². The van der Waals surface area contributed by atoms with Crippen molar-refractivity contribution in [1.82, 2.24) is 10.2 Å². The average Bonchev–Trinajstić information content (AvgIpc) is 3.63. The number of piperidine rings is 1.